The molecule has 1 heterocycles. The number of aromatic nitrogens is 2. The van der Waals surface area contributed by atoms with Crippen LogP contribution in [0.5, 0.6) is 5.75 Å². The van der Waals surface area contributed by atoms with Crippen LogP contribution in [0.2, 0.25) is 0 Å². The molecule has 0 aliphatic rings. The van der Waals surface area contributed by atoms with Gasteiger partial charge in [0.05, 0.1) is 24.2 Å². The van der Waals surface area contributed by atoms with E-state index in [2.05, 4.69) is 29.5 Å². The number of anilines is 1. The maximum atomic E-state index is 5.14. The first kappa shape index (κ1) is 12.5. The third kappa shape index (κ3) is 2.47. The van der Waals surface area contributed by atoms with Crippen molar-refractivity contribution in [2.75, 3.05) is 12.4 Å². The molecule has 0 saturated heterocycles. The third-order valence-electron chi connectivity index (χ3n) is 3.14. The van der Waals surface area contributed by atoms with Gasteiger partial charge in [-0.3, -0.25) is 4.68 Å². The highest BCUT2D eigenvalue weighted by atomic mass is 16.5. The summed E-state index contributed by atoms with van der Waals surface area (Å²) in [6.45, 7) is 4.87. The van der Waals surface area contributed by atoms with Gasteiger partial charge in [0.25, 0.3) is 0 Å². The van der Waals surface area contributed by atoms with E-state index in [1.54, 1.807) is 7.11 Å². The lowest BCUT2D eigenvalue weighted by Gasteiger charge is -2.07. The molecule has 4 nitrogen and oxygen atoms in total. The monoisotopic (exact) mass is 245 g/mol. The Kier molecular flexibility index (Phi) is 3.55. The Morgan fingerprint density at radius 3 is 2.39 bits per heavy atom. The maximum absolute atomic E-state index is 5.14. The molecule has 0 atom stereocenters. The van der Waals surface area contributed by atoms with E-state index in [4.69, 9.17) is 4.74 Å². The average molecular weight is 245 g/mol. The molecule has 0 amide bonds. The van der Waals surface area contributed by atoms with Gasteiger partial charge >= 0.3 is 0 Å². The van der Waals surface area contributed by atoms with Gasteiger partial charge in [-0.15, -0.1) is 0 Å². The quantitative estimate of drug-likeness (QED) is 0.900. The van der Waals surface area contributed by atoms with E-state index in [1.165, 1.54) is 5.56 Å². The van der Waals surface area contributed by atoms with Crippen molar-refractivity contribution in [2.45, 2.75) is 20.4 Å². The van der Waals surface area contributed by atoms with Crippen LogP contribution in [0.1, 0.15) is 17.0 Å². The van der Waals surface area contributed by atoms with E-state index in [-0.39, 0.29) is 0 Å². The van der Waals surface area contributed by atoms with E-state index < -0.39 is 0 Å². The Morgan fingerprint density at radius 1 is 1.22 bits per heavy atom. The Morgan fingerprint density at radius 2 is 1.89 bits per heavy atom. The van der Waals surface area contributed by atoms with Crippen LogP contribution >= 0.6 is 0 Å². The van der Waals surface area contributed by atoms with Crippen molar-refractivity contribution in [3.63, 3.8) is 0 Å². The second-order valence-corrected chi connectivity index (χ2v) is 4.37. The molecule has 0 bridgehead atoms. The molecule has 18 heavy (non-hydrogen) atoms. The molecular formula is C14H19N3O. The largest absolute Gasteiger partial charge is 0.497 e. The highest BCUT2D eigenvalue weighted by molar-refractivity contribution is 5.52. The van der Waals surface area contributed by atoms with Crippen LogP contribution in [-0.4, -0.2) is 16.9 Å². The number of rotatable bonds is 4. The number of ether oxygens (including phenoxy) is 1. The molecule has 96 valence electrons. The average Bonchev–Trinajstić information content (AvgIpc) is 2.62. The Balaban J connectivity index is 2.06. The Hall–Kier alpha value is -1.97. The molecule has 0 spiro atoms. The van der Waals surface area contributed by atoms with Crippen LogP contribution in [0.4, 0.5) is 5.69 Å². The lowest BCUT2D eigenvalue weighted by molar-refractivity contribution is 0.414. The molecule has 0 aliphatic carbocycles. The summed E-state index contributed by atoms with van der Waals surface area (Å²) in [6.07, 6.45) is 0. The van der Waals surface area contributed by atoms with Gasteiger partial charge in [0, 0.05) is 13.6 Å². The van der Waals surface area contributed by atoms with Crippen LogP contribution in [0.25, 0.3) is 0 Å². The zero-order valence-corrected chi connectivity index (χ0v) is 11.3. The molecule has 2 aromatic rings. The zero-order chi connectivity index (χ0) is 13.1. The van der Waals surface area contributed by atoms with Gasteiger partial charge in [0.15, 0.2) is 0 Å². The lowest BCUT2D eigenvalue weighted by Crippen LogP contribution is -2.01. The summed E-state index contributed by atoms with van der Waals surface area (Å²) in [5.41, 5.74) is 4.52. The predicted molar refractivity (Wildman–Crippen MR) is 73.0 cm³/mol. The van der Waals surface area contributed by atoms with Gasteiger partial charge in [-0.2, -0.15) is 5.10 Å². The standard InChI is InChI=1S/C14H19N3O/c1-10-14(11(2)17(3)16-10)15-9-12-5-7-13(18-4)8-6-12/h5-8,15H,9H2,1-4H3. The number of methoxy groups -OCH3 is 1. The Bertz CT molecular complexity index is 529. The van der Waals surface area contributed by atoms with Crippen molar-refractivity contribution in [1.82, 2.24) is 9.78 Å². The SMILES string of the molecule is COc1ccc(CNc2c(C)nn(C)c2C)cc1. The molecule has 0 saturated carbocycles. The molecule has 2 rings (SSSR count). The van der Waals surface area contributed by atoms with Gasteiger partial charge in [-0.05, 0) is 31.5 Å². The minimum atomic E-state index is 0.789. The van der Waals surface area contributed by atoms with Gasteiger partial charge in [-0.25, -0.2) is 0 Å². The van der Waals surface area contributed by atoms with Crippen molar-refractivity contribution >= 4 is 5.69 Å². The molecule has 1 N–H and O–H groups in total. The lowest BCUT2D eigenvalue weighted by atomic mass is 10.2. The van der Waals surface area contributed by atoms with E-state index in [0.29, 0.717) is 0 Å². The van der Waals surface area contributed by atoms with Crippen molar-refractivity contribution in [1.29, 1.82) is 0 Å². The number of hydrogen-bond donors (Lipinski definition) is 1. The molecule has 4 heteroatoms. The predicted octanol–water partition coefficient (Wildman–Crippen LogP) is 2.66. The van der Waals surface area contributed by atoms with Gasteiger partial charge < -0.3 is 10.1 Å². The molecule has 0 fully saturated rings. The van der Waals surface area contributed by atoms with E-state index in [0.717, 1.165) is 29.4 Å². The van der Waals surface area contributed by atoms with Gasteiger partial charge in [-0.1, -0.05) is 12.1 Å². The van der Waals surface area contributed by atoms with E-state index in [1.807, 2.05) is 30.8 Å². The number of aryl methyl sites for hydroxylation is 2. The van der Waals surface area contributed by atoms with Crippen LogP contribution in [-0.2, 0) is 13.6 Å². The second kappa shape index (κ2) is 5.12. The number of nitrogens with one attached hydrogen (secondary N) is 1. The number of nitrogens with zero attached hydrogens (tertiary/aromatic N) is 2. The fraction of sp³-hybridized carbons (Fsp3) is 0.357. The summed E-state index contributed by atoms with van der Waals surface area (Å²) in [6, 6.07) is 8.07. The zero-order valence-electron chi connectivity index (χ0n) is 11.3. The molecule has 1 aromatic heterocycles. The van der Waals surface area contributed by atoms with Gasteiger partial charge in [0.1, 0.15) is 5.75 Å². The minimum Gasteiger partial charge on any atom is -0.497 e. The molecule has 0 unspecified atom stereocenters. The first-order valence-electron chi connectivity index (χ1n) is 5.99. The molecule has 0 aliphatic heterocycles. The van der Waals surface area contributed by atoms with Crippen molar-refractivity contribution in [3.05, 3.63) is 41.2 Å². The van der Waals surface area contributed by atoms with Crippen LogP contribution < -0.4 is 10.1 Å². The summed E-state index contributed by atoms with van der Waals surface area (Å²) >= 11 is 0. The van der Waals surface area contributed by atoms with Crippen LogP contribution in [0.3, 0.4) is 0 Å². The number of benzene rings is 1. The highest BCUT2D eigenvalue weighted by Gasteiger charge is 2.08. The summed E-state index contributed by atoms with van der Waals surface area (Å²) < 4.78 is 7.03. The van der Waals surface area contributed by atoms with Crippen molar-refractivity contribution in [2.24, 2.45) is 7.05 Å². The second-order valence-electron chi connectivity index (χ2n) is 4.37. The topological polar surface area (TPSA) is 39.1 Å². The normalized spacial score (nSPS) is 10.4. The number of hydrogen-bond acceptors (Lipinski definition) is 3. The first-order valence-corrected chi connectivity index (χ1v) is 5.99. The van der Waals surface area contributed by atoms with Crippen molar-refractivity contribution < 1.29 is 4.74 Å². The van der Waals surface area contributed by atoms with Gasteiger partial charge in [0.2, 0.25) is 0 Å². The summed E-state index contributed by atoms with van der Waals surface area (Å²) in [7, 11) is 3.64. The summed E-state index contributed by atoms with van der Waals surface area (Å²) in [5.74, 6) is 0.882. The summed E-state index contributed by atoms with van der Waals surface area (Å²) in [5, 5.41) is 7.82. The first-order chi connectivity index (χ1) is 8.61. The highest BCUT2D eigenvalue weighted by Crippen LogP contribution is 2.19. The fourth-order valence-corrected chi connectivity index (χ4v) is 1.96. The fourth-order valence-electron chi connectivity index (χ4n) is 1.96. The maximum Gasteiger partial charge on any atom is 0.118 e. The van der Waals surface area contributed by atoms with E-state index in [9.17, 15) is 0 Å². The minimum absolute atomic E-state index is 0.789. The van der Waals surface area contributed by atoms with E-state index >= 15 is 0 Å². The third-order valence-corrected chi connectivity index (χ3v) is 3.14. The molecular weight excluding hydrogens is 226 g/mol. The van der Waals surface area contributed by atoms with Crippen molar-refractivity contribution in [3.8, 4) is 5.75 Å². The molecule has 1 aromatic carbocycles. The summed E-state index contributed by atoms with van der Waals surface area (Å²) in [4.78, 5) is 0. The van der Waals surface area contributed by atoms with Crippen LogP contribution in [0, 0.1) is 13.8 Å². The Labute approximate surface area is 108 Å². The molecule has 0 radical (unpaired) electrons. The smallest absolute Gasteiger partial charge is 0.118 e. The van der Waals surface area contributed by atoms with Crippen LogP contribution in [0.15, 0.2) is 24.3 Å².